The van der Waals surface area contributed by atoms with Crippen molar-refractivity contribution in [2.75, 3.05) is 40.2 Å². The van der Waals surface area contributed by atoms with Crippen molar-refractivity contribution in [1.29, 1.82) is 0 Å². The van der Waals surface area contributed by atoms with Gasteiger partial charge in [0.05, 0.1) is 12.8 Å². The van der Waals surface area contributed by atoms with Gasteiger partial charge in [0.15, 0.2) is 29.3 Å². The molecular formula is C55H70N4O7. The molecule has 5 aliphatic carbocycles. The van der Waals surface area contributed by atoms with E-state index in [1.165, 1.54) is 5.56 Å². The molecule has 7 aliphatic rings. The number of methoxy groups -OCH3 is 2. The zero-order chi connectivity index (χ0) is 46.1. The Morgan fingerprint density at radius 3 is 2.68 bits per heavy atom. The largest absolute Gasteiger partial charge is 0.504 e. The van der Waals surface area contributed by atoms with Crippen molar-refractivity contribution in [3.05, 3.63) is 65.8 Å². The molecule has 66 heavy (non-hydrogen) atoms. The molecule has 0 unspecified atom stereocenters. The van der Waals surface area contributed by atoms with Crippen molar-refractivity contribution < 1.29 is 34.0 Å². The summed E-state index contributed by atoms with van der Waals surface area (Å²) in [6.45, 7) is 2.90. The molecule has 0 amide bonds. The van der Waals surface area contributed by atoms with Gasteiger partial charge in [0.25, 0.3) is 0 Å². The van der Waals surface area contributed by atoms with E-state index < -0.39 is 17.3 Å². The fraction of sp³-hybridized carbons (Fsp3) is 0.600. The first-order valence-electron chi connectivity index (χ1n) is 24.7. The summed E-state index contributed by atoms with van der Waals surface area (Å²) in [5, 5.41) is 31.6. The van der Waals surface area contributed by atoms with Gasteiger partial charge in [0.1, 0.15) is 11.7 Å². The van der Waals surface area contributed by atoms with Gasteiger partial charge in [-0.05, 0) is 160 Å². The van der Waals surface area contributed by atoms with Crippen LogP contribution in [0.4, 0.5) is 5.69 Å². The van der Waals surface area contributed by atoms with E-state index in [0.717, 1.165) is 76.2 Å². The van der Waals surface area contributed by atoms with Crippen LogP contribution >= 0.6 is 0 Å². The van der Waals surface area contributed by atoms with Gasteiger partial charge in [-0.2, -0.15) is 0 Å². The van der Waals surface area contributed by atoms with Crippen LogP contribution in [0.25, 0.3) is 0 Å². The number of fused-ring (bicyclic) bond motifs is 9. The zero-order valence-electron chi connectivity index (χ0n) is 39.6. The Bertz CT molecular complexity index is 2360. The number of aliphatic hydroxyl groups excluding tert-OH is 1. The van der Waals surface area contributed by atoms with Crippen molar-refractivity contribution in [1.82, 2.24) is 10.6 Å². The highest BCUT2D eigenvalue weighted by atomic mass is 16.6. The number of hydrogen-bond donors (Lipinski definition) is 5. The predicted molar refractivity (Wildman–Crippen MR) is 257 cm³/mol. The highest BCUT2D eigenvalue weighted by molar-refractivity contribution is 5.97. The van der Waals surface area contributed by atoms with E-state index in [0.29, 0.717) is 84.8 Å². The molecule has 0 aromatic heterocycles. The van der Waals surface area contributed by atoms with E-state index in [-0.39, 0.29) is 40.6 Å². The van der Waals surface area contributed by atoms with Gasteiger partial charge >= 0.3 is 0 Å². The van der Waals surface area contributed by atoms with Crippen molar-refractivity contribution in [2.24, 2.45) is 57.8 Å². The number of guanidine groups is 1. The third-order valence-electron chi connectivity index (χ3n) is 17.2. The monoisotopic (exact) mass is 899 g/mol. The second-order valence-electron chi connectivity index (χ2n) is 20.6. The maximum absolute atomic E-state index is 15.5. The number of carbonyl (C=O) groups excluding carboxylic acids is 1. The summed E-state index contributed by atoms with van der Waals surface area (Å²) in [7, 11) is 6.82. The Morgan fingerprint density at radius 1 is 1.03 bits per heavy atom. The summed E-state index contributed by atoms with van der Waals surface area (Å²) >= 11 is 0. The number of anilines is 1. The first-order valence-corrected chi connectivity index (χ1v) is 24.7. The quantitative estimate of drug-likeness (QED) is 0.0944. The van der Waals surface area contributed by atoms with Crippen molar-refractivity contribution >= 4 is 17.4 Å². The molecule has 4 saturated carbocycles. The Hall–Kier alpha value is -4.94. The fourth-order valence-corrected chi connectivity index (χ4v) is 14.1. The number of allylic oxidation sites excluding steroid dienone is 4. The number of likely N-dealkylation sites (N-methyl/N-ethyl adjacent to an activating group) is 1. The van der Waals surface area contributed by atoms with Crippen LogP contribution in [-0.2, 0) is 21.4 Å². The van der Waals surface area contributed by atoms with E-state index in [4.69, 9.17) is 18.9 Å². The summed E-state index contributed by atoms with van der Waals surface area (Å²) in [6, 6.07) is 13.2. The lowest BCUT2D eigenvalue weighted by molar-refractivity contribution is -0.125. The molecule has 0 saturated heterocycles. The molecule has 2 heterocycles. The maximum Gasteiger partial charge on any atom is 0.207 e. The van der Waals surface area contributed by atoms with Gasteiger partial charge in [0, 0.05) is 56.8 Å². The zero-order valence-corrected chi connectivity index (χ0v) is 39.6. The van der Waals surface area contributed by atoms with Crippen LogP contribution in [0.1, 0.15) is 108 Å². The Balaban J connectivity index is 1.22. The number of ketones is 1. The first-order chi connectivity index (χ1) is 32.1. The molecule has 12 atom stereocenters. The number of nitrogens with one attached hydrogen (secondary N) is 3. The minimum Gasteiger partial charge on any atom is -0.504 e. The minimum absolute atomic E-state index is 0.0306. The lowest BCUT2D eigenvalue weighted by atomic mass is 9.50. The smallest absolute Gasteiger partial charge is 0.207 e. The van der Waals surface area contributed by atoms with Gasteiger partial charge in [-0.3, -0.25) is 15.1 Å². The van der Waals surface area contributed by atoms with Crippen molar-refractivity contribution in [3.8, 4) is 47.0 Å². The average molecular weight is 899 g/mol. The molecule has 1 spiro atoms. The van der Waals surface area contributed by atoms with Gasteiger partial charge in [-0.1, -0.05) is 55.9 Å². The number of rotatable bonds is 9. The molecule has 5 N–H and O–H groups in total. The molecular weight excluding hydrogens is 829 g/mol. The second kappa shape index (κ2) is 19.3. The van der Waals surface area contributed by atoms with E-state index in [9.17, 15) is 10.2 Å². The summed E-state index contributed by atoms with van der Waals surface area (Å²) in [6.07, 6.45) is 24.3. The van der Waals surface area contributed by atoms with E-state index >= 15 is 4.79 Å². The molecule has 2 aromatic carbocycles. The van der Waals surface area contributed by atoms with Crippen LogP contribution in [0.5, 0.6) is 23.0 Å². The van der Waals surface area contributed by atoms with E-state index in [2.05, 4.69) is 82.2 Å². The lowest BCUT2D eigenvalue weighted by Crippen LogP contribution is -2.50. The van der Waals surface area contributed by atoms with Gasteiger partial charge in [0.2, 0.25) is 11.7 Å². The lowest BCUT2D eigenvalue weighted by Gasteiger charge is -2.54. The number of benzene rings is 2. The molecule has 4 fully saturated rings. The molecule has 0 radical (unpaired) electrons. The number of phenolic OH excluding ortho intramolecular Hbond substituents is 1. The number of aliphatic imine (C=N–C) groups is 1. The summed E-state index contributed by atoms with van der Waals surface area (Å²) in [4.78, 5) is 20.2. The summed E-state index contributed by atoms with van der Waals surface area (Å²) in [5.41, 5.74) is 1.29. The van der Waals surface area contributed by atoms with Crippen molar-refractivity contribution in [3.63, 3.8) is 0 Å². The second-order valence-corrected chi connectivity index (χ2v) is 20.6. The third-order valence-corrected chi connectivity index (χ3v) is 17.2. The van der Waals surface area contributed by atoms with E-state index in [1.54, 1.807) is 27.3 Å². The number of carbonyl (C=O) groups is 1. The number of phenols is 1. The van der Waals surface area contributed by atoms with Gasteiger partial charge < -0.3 is 39.8 Å². The SMILES string of the molecule is CC[C@H]1C=C[C@@H]2C[C@H]3CCC[C@@]34c3cc(c5c(c3)O[C@@]3(CNC)C[C@@H](CC#CO5)[C@@H](C[C@H](O)OC)C3)NC(=NC)NC#CC[C@H]3CCC[C@@]3(Cc3ccc(O)c(OC)c3)C(=O)/C=C/[C@@H]4[C@@H]2C1. The van der Waals surface area contributed by atoms with Crippen LogP contribution in [0.15, 0.2) is 59.6 Å². The standard InChI is InChI=1S/C55H70N4O7/c1-6-35-15-17-37-27-41-13-8-22-55(41)42-29-45(51-48(30-42)66-53(34-56-2)32-38(11-10-24-65-51)39(33-53)28-50(62)64-5)59-52(57-3)58-23-9-14-40-12-7-21-54(40,49(61)20-18-44(55)43(37)25-35)31-36-16-19-46(60)47(26-36)63-4/h15-20,26,29-30,35,37-41,43-44,50,56,60,62H,6-8,11-14,21-22,25,27-28,31-34H2,1-5H3,(H2,57,58,59)/b20-18+/t35-,37+,38+,39-,40+,41+,43+,44+,50+,53-,54-,55-/m0/s1. The average Bonchev–Trinajstić information content (AvgIpc) is 4.03. The molecule has 11 heteroatoms. The van der Waals surface area contributed by atoms with E-state index in [1.807, 2.05) is 25.3 Å². The number of aliphatic hydroxyl groups is 1. The highest BCUT2D eigenvalue weighted by Crippen LogP contribution is 2.64. The number of hydrogen-bond acceptors (Lipinski definition) is 9. The van der Waals surface area contributed by atoms with Crippen molar-refractivity contribution in [2.45, 2.75) is 121 Å². The topological polar surface area (TPSA) is 143 Å². The summed E-state index contributed by atoms with van der Waals surface area (Å²) in [5.74, 6) is 11.1. The van der Waals surface area contributed by atoms with Crippen LogP contribution in [0, 0.1) is 76.7 Å². The minimum atomic E-state index is -0.868. The number of aromatic hydroxyl groups is 1. The molecule has 2 aliphatic heterocycles. The van der Waals surface area contributed by atoms with Crippen LogP contribution in [0.2, 0.25) is 0 Å². The molecule has 2 aromatic rings. The fourth-order valence-electron chi connectivity index (χ4n) is 14.1. The Labute approximate surface area is 392 Å². The summed E-state index contributed by atoms with van der Waals surface area (Å²) < 4.78 is 24.9. The van der Waals surface area contributed by atoms with Crippen LogP contribution in [-0.4, -0.2) is 68.7 Å². The van der Waals surface area contributed by atoms with Gasteiger partial charge in [-0.25, -0.2) is 0 Å². The molecule has 11 nitrogen and oxygen atoms in total. The third kappa shape index (κ3) is 8.61. The number of nitrogens with zero attached hydrogens (tertiary/aromatic N) is 1. The maximum atomic E-state index is 15.5. The van der Waals surface area contributed by atoms with Crippen LogP contribution < -0.4 is 30.2 Å². The number of ether oxygens (including phenoxy) is 4. The Morgan fingerprint density at radius 2 is 1.88 bits per heavy atom. The van der Waals surface area contributed by atoms with Crippen LogP contribution in [0.3, 0.4) is 0 Å². The van der Waals surface area contributed by atoms with Gasteiger partial charge in [-0.15, -0.1) is 0 Å². The Kier molecular flexibility index (Phi) is 13.5. The predicted octanol–water partition coefficient (Wildman–Crippen LogP) is 8.65. The molecule has 352 valence electrons. The molecule has 4 bridgehead atoms. The first kappa shape index (κ1) is 46.2. The molecule has 9 rings (SSSR count). The highest BCUT2D eigenvalue weighted by Gasteiger charge is 2.58. The normalized spacial score (nSPS) is 35.8.